The van der Waals surface area contributed by atoms with Gasteiger partial charge in [0.05, 0.1) is 0 Å². The minimum atomic E-state index is -0.764. The van der Waals surface area contributed by atoms with E-state index in [4.69, 9.17) is 10.9 Å². The van der Waals surface area contributed by atoms with Crippen molar-refractivity contribution in [3.05, 3.63) is 0 Å². The smallest absolute Gasteiger partial charge is 0.234 e. The molecule has 0 aromatic carbocycles. The van der Waals surface area contributed by atoms with Gasteiger partial charge in [-0.3, -0.25) is 4.79 Å². The number of hydrogen-bond acceptors (Lipinski definition) is 4. The lowest BCUT2D eigenvalue weighted by Gasteiger charge is -2.39. The number of nitrogens with two attached hydrogens (primary N) is 1. The van der Waals surface area contributed by atoms with Gasteiger partial charge in [-0.05, 0) is 25.5 Å². The maximum absolute atomic E-state index is 12.1. The predicted molar refractivity (Wildman–Crippen MR) is 70.3 cm³/mol. The van der Waals surface area contributed by atoms with Crippen LogP contribution in [0.1, 0.15) is 33.1 Å². The zero-order valence-corrected chi connectivity index (χ0v) is 11.2. The normalized spacial score (nSPS) is 20.5. The molecule has 1 rings (SSSR count). The molecule has 0 spiro atoms. The zero-order valence-electron chi connectivity index (χ0n) is 10.4. The van der Waals surface area contributed by atoms with Gasteiger partial charge in [-0.1, -0.05) is 18.5 Å². The number of nitrogens with zero attached hydrogens (tertiary/aromatic N) is 1. The SMILES string of the molecule is CCSCC(C)NC(=O)C1(C(N)=NO)CCC1. The molecule has 1 saturated carbocycles. The molecule has 0 aromatic heterocycles. The highest BCUT2D eigenvalue weighted by Gasteiger charge is 2.48. The second-order valence-electron chi connectivity index (χ2n) is 4.45. The summed E-state index contributed by atoms with van der Waals surface area (Å²) in [5, 5.41) is 14.7. The Bertz CT molecular complexity index is 303. The van der Waals surface area contributed by atoms with Gasteiger partial charge in [0.15, 0.2) is 5.84 Å². The Morgan fingerprint density at radius 1 is 1.65 bits per heavy atom. The van der Waals surface area contributed by atoms with Crippen LogP contribution in [-0.2, 0) is 4.79 Å². The van der Waals surface area contributed by atoms with Gasteiger partial charge in [-0.2, -0.15) is 11.8 Å². The fourth-order valence-corrected chi connectivity index (χ4v) is 2.60. The Morgan fingerprint density at radius 2 is 2.29 bits per heavy atom. The Balaban J connectivity index is 2.56. The lowest BCUT2D eigenvalue weighted by Crippen LogP contribution is -2.55. The largest absolute Gasteiger partial charge is 0.409 e. The van der Waals surface area contributed by atoms with Crippen LogP contribution in [-0.4, -0.2) is 34.5 Å². The van der Waals surface area contributed by atoms with E-state index < -0.39 is 5.41 Å². The molecule has 1 unspecified atom stereocenters. The molecule has 6 heteroatoms. The number of amidine groups is 1. The monoisotopic (exact) mass is 259 g/mol. The summed E-state index contributed by atoms with van der Waals surface area (Å²) in [6.07, 6.45) is 2.28. The Hall–Kier alpha value is -0.910. The second-order valence-corrected chi connectivity index (χ2v) is 5.77. The maximum Gasteiger partial charge on any atom is 0.234 e. The summed E-state index contributed by atoms with van der Waals surface area (Å²) < 4.78 is 0. The highest BCUT2D eigenvalue weighted by atomic mass is 32.2. The predicted octanol–water partition coefficient (Wildman–Crippen LogP) is 1.16. The minimum absolute atomic E-state index is 0.0385. The summed E-state index contributed by atoms with van der Waals surface area (Å²) in [5.74, 6) is 1.85. The molecular formula is C11H21N3O2S. The van der Waals surface area contributed by atoms with Gasteiger partial charge in [-0.25, -0.2) is 0 Å². The summed E-state index contributed by atoms with van der Waals surface area (Å²) in [7, 11) is 0. The zero-order chi connectivity index (χ0) is 12.9. The van der Waals surface area contributed by atoms with Crippen molar-refractivity contribution in [3.8, 4) is 0 Å². The number of rotatable bonds is 6. The lowest BCUT2D eigenvalue weighted by molar-refractivity contribution is -0.131. The molecule has 1 aliphatic rings. The molecule has 1 atom stereocenters. The maximum atomic E-state index is 12.1. The molecule has 0 radical (unpaired) electrons. The third-order valence-corrected chi connectivity index (χ3v) is 4.33. The number of thioether (sulfide) groups is 1. The summed E-state index contributed by atoms with van der Waals surface area (Å²) in [5.41, 5.74) is 4.86. The van der Waals surface area contributed by atoms with Crippen LogP contribution in [0.4, 0.5) is 0 Å². The molecule has 17 heavy (non-hydrogen) atoms. The average Bonchev–Trinajstić information content (AvgIpc) is 2.24. The van der Waals surface area contributed by atoms with E-state index in [1.807, 2.05) is 6.92 Å². The van der Waals surface area contributed by atoms with E-state index in [1.54, 1.807) is 11.8 Å². The quantitative estimate of drug-likeness (QED) is 0.289. The first-order valence-corrected chi connectivity index (χ1v) is 7.09. The number of hydrogen-bond donors (Lipinski definition) is 3. The highest BCUT2D eigenvalue weighted by molar-refractivity contribution is 7.99. The number of nitrogens with one attached hydrogen (secondary N) is 1. The number of carbonyl (C=O) groups excluding carboxylic acids is 1. The van der Waals surface area contributed by atoms with Crippen molar-refractivity contribution in [2.75, 3.05) is 11.5 Å². The summed E-state index contributed by atoms with van der Waals surface area (Å²) in [6.45, 7) is 4.06. The topological polar surface area (TPSA) is 87.7 Å². The number of amides is 1. The Morgan fingerprint density at radius 3 is 2.71 bits per heavy atom. The van der Waals surface area contributed by atoms with E-state index in [9.17, 15) is 4.79 Å². The summed E-state index contributed by atoms with van der Waals surface area (Å²) >= 11 is 1.78. The van der Waals surface area contributed by atoms with E-state index in [1.165, 1.54) is 0 Å². The molecule has 4 N–H and O–H groups in total. The van der Waals surface area contributed by atoms with Crippen molar-refractivity contribution in [1.29, 1.82) is 0 Å². The van der Waals surface area contributed by atoms with Crippen molar-refractivity contribution in [1.82, 2.24) is 5.32 Å². The molecule has 0 saturated heterocycles. The Kier molecular flexibility index (Phi) is 5.11. The van der Waals surface area contributed by atoms with Gasteiger partial charge < -0.3 is 16.3 Å². The summed E-state index contributed by atoms with van der Waals surface area (Å²) in [6, 6.07) is 0.108. The van der Waals surface area contributed by atoms with Crippen LogP contribution in [0.15, 0.2) is 5.16 Å². The van der Waals surface area contributed by atoms with E-state index in [-0.39, 0.29) is 17.8 Å². The first kappa shape index (κ1) is 14.2. The average molecular weight is 259 g/mol. The highest BCUT2D eigenvalue weighted by Crippen LogP contribution is 2.41. The number of carbonyl (C=O) groups is 1. The van der Waals surface area contributed by atoms with Gasteiger partial charge in [0.25, 0.3) is 0 Å². The van der Waals surface area contributed by atoms with Gasteiger partial charge in [0, 0.05) is 11.8 Å². The minimum Gasteiger partial charge on any atom is -0.409 e. The molecule has 0 aromatic rings. The molecule has 1 fully saturated rings. The van der Waals surface area contributed by atoms with Crippen molar-refractivity contribution >= 4 is 23.5 Å². The third-order valence-electron chi connectivity index (χ3n) is 3.19. The molecular weight excluding hydrogens is 238 g/mol. The van der Waals surface area contributed by atoms with E-state index in [0.717, 1.165) is 17.9 Å². The van der Waals surface area contributed by atoms with Crippen LogP contribution >= 0.6 is 11.8 Å². The first-order valence-electron chi connectivity index (χ1n) is 5.93. The fraction of sp³-hybridized carbons (Fsp3) is 0.818. The molecule has 1 aliphatic carbocycles. The van der Waals surface area contributed by atoms with E-state index in [0.29, 0.717) is 12.8 Å². The van der Waals surface area contributed by atoms with Crippen molar-refractivity contribution in [3.63, 3.8) is 0 Å². The van der Waals surface area contributed by atoms with Crippen LogP contribution in [0.2, 0.25) is 0 Å². The second kappa shape index (κ2) is 6.14. The lowest BCUT2D eigenvalue weighted by atomic mass is 9.67. The number of oxime groups is 1. The van der Waals surface area contributed by atoms with Crippen molar-refractivity contribution in [2.24, 2.45) is 16.3 Å². The molecule has 5 nitrogen and oxygen atoms in total. The standard InChI is InChI=1S/C11H21N3O2S/c1-3-17-7-8(2)13-10(15)11(5-4-6-11)9(12)14-16/h8,16H,3-7H2,1-2H3,(H2,12,14)(H,13,15). The molecule has 1 amide bonds. The third kappa shape index (κ3) is 3.06. The van der Waals surface area contributed by atoms with Gasteiger partial charge in [0.1, 0.15) is 5.41 Å². The van der Waals surface area contributed by atoms with Crippen molar-refractivity contribution in [2.45, 2.75) is 39.2 Å². The van der Waals surface area contributed by atoms with Crippen LogP contribution in [0, 0.1) is 5.41 Å². The van der Waals surface area contributed by atoms with Crippen LogP contribution in [0.25, 0.3) is 0 Å². The van der Waals surface area contributed by atoms with E-state index in [2.05, 4.69) is 17.4 Å². The van der Waals surface area contributed by atoms with E-state index >= 15 is 0 Å². The fourth-order valence-electron chi connectivity index (χ4n) is 1.92. The van der Waals surface area contributed by atoms with Crippen LogP contribution in [0.5, 0.6) is 0 Å². The molecule has 0 bridgehead atoms. The van der Waals surface area contributed by atoms with Crippen LogP contribution < -0.4 is 11.1 Å². The molecule has 98 valence electrons. The van der Waals surface area contributed by atoms with Gasteiger partial charge in [0.2, 0.25) is 5.91 Å². The van der Waals surface area contributed by atoms with Crippen molar-refractivity contribution < 1.29 is 10.0 Å². The molecule has 0 heterocycles. The van der Waals surface area contributed by atoms with Gasteiger partial charge >= 0.3 is 0 Å². The summed E-state index contributed by atoms with van der Waals surface area (Å²) in [4.78, 5) is 12.1. The molecule has 0 aliphatic heterocycles. The van der Waals surface area contributed by atoms with Crippen LogP contribution in [0.3, 0.4) is 0 Å². The first-order chi connectivity index (χ1) is 8.06. The van der Waals surface area contributed by atoms with Gasteiger partial charge in [-0.15, -0.1) is 0 Å². The Labute approximate surface area is 106 Å².